The molecule has 124 valence electrons. The number of amides is 1. The van der Waals surface area contributed by atoms with E-state index >= 15 is 0 Å². The number of carbonyl (C=O) groups excluding carboxylic acids is 1. The minimum Gasteiger partial charge on any atom is -0.360 e. The molecule has 0 saturated carbocycles. The second-order valence-corrected chi connectivity index (χ2v) is 6.45. The average Bonchev–Trinajstić information content (AvgIpc) is 2.82. The Morgan fingerprint density at radius 2 is 2.04 bits per heavy atom. The number of alkyl halides is 3. The quantitative estimate of drug-likeness (QED) is 0.903. The van der Waals surface area contributed by atoms with Crippen molar-refractivity contribution in [3.8, 4) is 0 Å². The number of hydrogen-bond acceptors (Lipinski definition) is 6. The Labute approximate surface area is 128 Å². The molecule has 2 heterocycles. The van der Waals surface area contributed by atoms with Gasteiger partial charge in [-0.05, 0) is 19.1 Å². The fourth-order valence-corrected chi connectivity index (χ4v) is 2.64. The summed E-state index contributed by atoms with van der Waals surface area (Å²) in [5, 5.41) is 5.02. The van der Waals surface area contributed by atoms with Crippen LogP contribution in [0.15, 0.2) is 33.9 Å². The van der Waals surface area contributed by atoms with E-state index in [1.807, 2.05) is 0 Å². The van der Waals surface area contributed by atoms with Gasteiger partial charge in [-0.2, -0.15) is 13.2 Å². The zero-order chi connectivity index (χ0) is 17.3. The molecule has 0 bridgehead atoms. The molecular weight excluding hydrogens is 339 g/mol. The van der Waals surface area contributed by atoms with Crippen LogP contribution in [0.1, 0.15) is 11.3 Å². The molecular formula is C12H10F3N3O4S. The summed E-state index contributed by atoms with van der Waals surface area (Å²) in [7, 11) is -4.18. The number of nitrogens with one attached hydrogen (secondary N) is 1. The van der Waals surface area contributed by atoms with Crippen LogP contribution < -0.4 is 5.32 Å². The van der Waals surface area contributed by atoms with Gasteiger partial charge in [-0.3, -0.25) is 4.79 Å². The van der Waals surface area contributed by atoms with Crippen LogP contribution in [0.5, 0.6) is 0 Å². The molecule has 0 atom stereocenters. The predicted octanol–water partition coefficient (Wildman–Crippen LogP) is 1.81. The molecule has 0 saturated heterocycles. The maximum Gasteiger partial charge on any atom is 0.417 e. The number of aromatic nitrogens is 2. The normalized spacial score (nSPS) is 12.2. The van der Waals surface area contributed by atoms with Crippen LogP contribution in [-0.2, 0) is 20.8 Å². The lowest BCUT2D eigenvalue weighted by atomic mass is 10.3. The molecule has 7 nitrogen and oxygen atoms in total. The lowest BCUT2D eigenvalue weighted by molar-refractivity contribution is -0.137. The highest BCUT2D eigenvalue weighted by molar-refractivity contribution is 7.92. The summed E-state index contributed by atoms with van der Waals surface area (Å²) < 4.78 is 65.8. The Morgan fingerprint density at radius 1 is 1.35 bits per heavy atom. The molecule has 1 amide bonds. The van der Waals surface area contributed by atoms with Gasteiger partial charge in [0.1, 0.15) is 11.5 Å². The topological polar surface area (TPSA) is 102 Å². The first-order valence-corrected chi connectivity index (χ1v) is 7.72. The van der Waals surface area contributed by atoms with E-state index in [-0.39, 0.29) is 5.82 Å². The molecule has 2 rings (SSSR count). The Kier molecular flexibility index (Phi) is 4.41. The molecule has 0 radical (unpaired) electrons. The molecule has 2 aromatic heterocycles. The van der Waals surface area contributed by atoms with Crippen molar-refractivity contribution in [3.05, 3.63) is 35.7 Å². The van der Waals surface area contributed by atoms with Crippen LogP contribution >= 0.6 is 0 Å². The van der Waals surface area contributed by atoms with E-state index in [0.29, 0.717) is 24.1 Å². The third-order valence-corrected chi connectivity index (χ3v) is 4.12. The predicted molar refractivity (Wildman–Crippen MR) is 71.2 cm³/mol. The lowest BCUT2D eigenvalue weighted by Gasteiger charge is -2.07. The van der Waals surface area contributed by atoms with E-state index in [9.17, 15) is 26.4 Å². The minimum absolute atomic E-state index is 0.0306. The summed E-state index contributed by atoms with van der Waals surface area (Å²) in [4.78, 5) is 14.9. The van der Waals surface area contributed by atoms with Crippen LogP contribution in [0.2, 0.25) is 0 Å². The summed E-state index contributed by atoms with van der Waals surface area (Å²) in [6, 6.07) is 2.66. The van der Waals surface area contributed by atoms with Crippen molar-refractivity contribution in [2.45, 2.75) is 18.1 Å². The highest BCUT2D eigenvalue weighted by Gasteiger charge is 2.31. The molecule has 23 heavy (non-hydrogen) atoms. The van der Waals surface area contributed by atoms with Crippen LogP contribution in [-0.4, -0.2) is 30.2 Å². The summed E-state index contributed by atoms with van der Waals surface area (Å²) in [6.07, 6.45) is -4.23. The van der Waals surface area contributed by atoms with Crippen molar-refractivity contribution in [2.24, 2.45) is 0 Å². The number of halogens is 3. The number of carbonyl (C=O) groups is 1. The Balaban J connectivity index is 2.10. The van der Waals surface area contributed by atoms with Gasteiger partial charge in [0, 0.05) is 12.3 Å². The number of rotatable bonds is 4. The van der Waals surface area contributed by atoms with Crippen molar-refractivity contribution in [2.75, 3.05) is 11.1 Å². The first-order valence-electron chi connectivity index (χ1n) is 6.07. The largest absolute Gasteiger partial charge is 0.417 e. The van der Waals surface area contributed by atoms with Crippen molar-refractivity contribution in [1.29, 1.82) is 0 Å². The molecule has 0 aliphatic carbocycles. The number of hydrogen-bond donors (Lipinski definition) is 1. The molecule has 0 aliphatic rings. The standard InChI is InChI=1S/C12H10F3N3O4S/c1-7-4-9(18-22-7)17-10(19)6-23(20,21)11-3-2-8(5-16-11)12(13,14)15/h2-5H,6H2,1H3,(H,17,18,19). The zero-order valence-electron chi connectivity index (χ0n) is 11.6. The van der Waals surface area contributed by atoms with Gasteiger partial charge < -0.3 is 9.84 Å². The first kappa shape index (κ1) is 16.9. The first-order chi connectivity index (χ1) is 10.6. The number of nitrogens with zero attached hydrogens (tertiary/aromatic N) is 2. The van der Waals surface area contributed by atoms with Crippen LogP contribution in [0.25, 0.3) is 0 Å². The van der Waals surface area contributed by atoms with Gasteiger partial charge in [0.05, 0.1) is 5.56 Å². The molecule has 0 aromatic carbocycles. The Morgan fingerprint density at radius 3 is 2.52 bits per heavy atom. The molecule has 0 spiro atoms. The monoisotopic (exact) mass is 349 g/mol. The van der Waals surface area contributed by atoms with E-state index in [0.717, 1.165) is 0 Å². The fourth-order valence-electron chi connectivity index (χ4n) is 1.58. The zero-order valence-corrected chi connectivity index (χ0v) is 12.4. The third-order valence-electron chi connectivity index (χ3n) is 2.60. The highest BCUT2D eigenvalue weighted by atomic mass is 32.2. The molecule has 2 aromatic rings. The SMILES string of the molecule is Cc1cc(NC(=O)CS(=O)(=O)c2ccc(C(F)(F)F)cn2)no1. The maximum atomic E-state index is 12.4. The highest BCUT2D eigenvalue weighted by Crippen LogP contribution is 2.28. The summed E-state index contributed by atoms with van der Waals surface area (Å²) in [5.41, 5.74) is -1.08. The molecule has 1 N–H and O–H groups in total. The van der Waals surface area contributed by atoms with Gasteiger partial charge in [-0.25, -0.2) is 13.4 Å². The molecule has 11 heteroatoms. The van der Waals surface area contributed by atoms with Gasteiger partial charge in [0.25, 0.3) is 0 Å². The van der Waals surface area contributed by atoms with Gasteiger partial charge in [-0.15, -0.1) is 0 Å². The lowest BCUT2D eigenvalue weighted by Crippen LogP contribution is -2.23. The van der Waals surface area contributed by atoms with Gasteiger partial charge >= 0.3 is 6.18 Å². The summed E-state index contributed by atoms with van der Waals surface area (Å²) in [6.45, 7) is 1.57. The van der Waals surface area contributed by atoms with Crippen molar-refractivity contribution in [3.63, 3.8) is 0 Å². The average molecular weight is 349 g/mol. The van der Waals surface area contributed by atoms with Crippen LogP contribution in [0.3, 0.4) is 0 Å². The van der Waals surface area contributed by atoms with E-state index in [1.54, 1.807) is 6.92 Å². The Hall–Kier alpha value is -2.43. The van der Waals surface area contributed by atoms with Crippen molar-refractivity contribution < 1.29 is 30.9 Å². The van der Waals surface area contributed by atoms with E-state index in [1.165, 1.54) is 6.07 Å². The number of anilines is 1. The molecule has 0 fully saturated rings. The van der Waals surface area contributed by atoms with E-state index in [2.05, 4.69) is 15.5 Å². The van der Waals surface area contributed by atoms with E-state index < -0.39 is 38.3 Å². The summed E-state index contributed by atoms with van der Waals surface area (Å²) >= 11 is 0. The number of sulfone groups is 1. The summed E-state index contributed by atoms with van der Waals surface area (Å²) in [5.74, 6) is -1.47. The molecule has 0 aliphatic heterocycles. The van der Waals surface area contributed by atoms with Gasteiger partial charge in [0.15, 0.2) is 10.8 Å². The van der Waals surface area contributed by atoms with E-state index in [4.69, 9.17) is 4.52 Å². The molecule has 0 unspecified atom stereocenters. The van der Waals surface area contributed by atoms with Crippen LogP contribution in [0, 0.1) is 6.92 Å². The second kappa shape index (κ2) is 5.99. The van der Waals surface area contributed by atoms with Gasteiger partial charge in [-0.1, -0.05) is 5.16 Å². The minimum atomic E-state index is -4.63. The third kappa shape index (κ3) is 4.28. The second-order valence-electron chi connectivity index (χ2n) is 4.51. The fraction of sp³-hybridized carbons (Fsp3) is 0.250. The smallest absolute Gasteiger partial charge is 0.360 e. The Bertz CT molecular complexity index is 813. The van der Waals surface area contributed by atoms with Crippen molar-refractivity contribution in [1.82, 2.24) is 10.1 Å². The maximum absolute atomic E-state index is 12.4. The number of pyridine rings is 1. The number of aryl methyl sites for hydroxylation is 1. The van der Waals surface area contributed by atoms with Crippen molar-refractivity contribution >= 4 is 21.6 Å². The van der Waals surface area contributed by atoms with Gasteiger partial charge in [0.2, 0.25) is 15.7 Å². The van der Waals surface area contributed by atoms with Crippen LogP contribution in [0.4, 0.5) is 19.0 Å².